The lowest BCUT2D eigenvalue weighted by Crippen LogP contribution is -2.19. The summed E-state index contributed by atoms with van der Waals surface area (Å²) in [7, 11) is 0. The van der Waals surface area contributed by atoms with Gasteiger partial charge < -0.3 is 14.8 Å². The Kier molecular flexibility index (Phi) is 5.49. The first kappa shape index (κ1) is 19.0. The van der Waals surface area contributed by atoms with Gasteiger partial charge in [-0.3, -0.25) is 4.79 Å². The third-order valence-electron chi connectivity index (χ3n) is 4.97. The SMILES string of the molecule is CCCn1c(CC(CC)C(=O)c2cc(O)ccc2O)nc2ccc(C)cc21. The van der Waals surface area contributed by atoms with Gasteiger partial charge >= 0.3 is 0 Å². The van der Waals surface area contributed by atoms with Gasteiger partial charge in [-0.25, -0.2) is 4.98 Å². The Bertz CT molecular complexity index is 975. The van der Waals surface area contributed by atoms with Gasteiger partial charge in [-0.2, -0.15) is 0 Å². The molecular weight excluding hydrogens is 340 g/mol. The second-order valence-electron chi connectivity index (χ2n) is 7.05. The first-order valence-electron chi connectivity index (χ1n) is 9.46. The lowest BCUT2D eigenvalue weighted by atomic mass is 9.91. The second kappa shape index (κ2) is 7.82. The number of imidazole rings is 1. The number of fused-ring (bicyclic) bond motifs is 1. The van der Waals surface area contributed by atoms with Crippen molar-refractivity contribution < 1.29 is 15.0 Å². The Morgan fingerprint density at radius 2 is 1.93 bits per heavy atom. The molecule has 1 atom stereocenters. The molecule has 1 aromatic heterocycles. The maximum absolute atomic E-state index is 13.0. The van der Waals surface area contributed by atoms with E-state index < -0.39 is 0 Å². The molecule has 0 saturated carbocycles. The van der Waals surface area contributed by atoms with Crippen molar-refractivity contribution in [3.63, 3.8) is 0 Å². The summed E-state index contributed by atoms with van der Waals surface area (Å²) in [4.78, 5) is 17.8. The molecule has 0 aliphatic rings. The van der Waals surface area contributed by atoms with E-state index in [1.54, 1.807) is 0 Å². The molecule has 142 valence electrons. The van der Waals surface area contributed by atoms with Crippen LogP contribution in [0.25, 0.3) is 11.0 Å². The van der Waals surface area contributed by atoms with Crippen molar-refractivity contribution in [2.75, 3.05) is 0 Å². The van der Waals surface area contributed by atoms with E-state index in [0.717, 1.165) is 29.8 Å². The summed E-state index contributed by atoms with van der Waals surface area (Å²) in [6.45, 7) is 6.99. The zero-order valence-corrected chi connectivity index (χ0v) is 16.1. The molecule has 2 aromatic carbocycles. The average Bonchev–Trinajstić information content (AvgIpc) is 2.98. The molecular formula is C22H26N2O3. The van der Waals surface area contributed by atoms with Gasteiger partial charge in [0.25, 0.3) is 0 Å². The van der Waals surface area contributed by atoms with E-state index in [1.165, 1.54) is 23.8 Å². The molecule has 27 heavy (non-hydrogen) atoms. The molecule has 1 heterocycles. The fourth-order valence-electron chi connectivity index (χ4n) is 3.50. The van der Waals surface area contributed by atoms with E-state index in [0.29, 0.717) is 12.8 Å². The van der Waals surface area contributed by atoms with Gasteiger partial charge in [-0.05, 0) is 55.7 Å². The van der Waals surface area contributed by atoms with Crippen LogP contribution >= 0.6 is 0 Å². The Labute approximate surface area is 159 Å². The van der Waals surface area contributed by atoms with Gasteiger partial charge in [0, 0.05) is 18.9 Å². The fraction of sp³-hybridized carbons (Fsp3) is 0.364. The van der Waals surface area contributed by atoms with Gasteiger partial charge in [-0.1, -0.05) is 19.9 Å². The molecule has 0 radical (unpaired) electrons. The molecule has 0 aliphatic carbocycles. The Hall–Kier alpha value is -2.82. The number of carbonyl (C=O) groups excluding carboxylic acids is 1. The highest BCUT2D eigenvalue weighted by molar-refractivity contribution is 6.00. The van der Waals surface area contributed by atoms with Crippen LogP contribution in [0.15, 0.2) is 36.4 Å². The average molecular weight is 366 g/mol. The van der Waals surface area contributed by atoms with Gasteiger partial charge in [0.15, 0.2) is 5.78 Å². The fourth-order valence-corrected chi connectivity index (χ4v) is 3.50. The van der Waals surface area contributed by atoms with Crippen molar-refractivity contribution in [2.24, 2.45) is 5.92 Å². The van der Waals surface area contributed by atoms with E-state index >= 15 is 0 Å². The highest BCUT2D eigenvalue weighted by atomic mass is 16.3. The predicted molar refractivity (Wildman–Crippen MR) is 106 cm³/mol. The highest BCUT2D eigenvalue weighted by Gasteiger charge is 2.24. The minimum absolute atomic E-state index is 0.0281. The molecule has 5 heteroatoms. The number of nitrogens with zero attached hydrogens (tertiary/aromatic N) is 2. The molecule has 0 amide bonds. The van der Waals surface area contributed by atoms with E-state index in [4.69, 9.17) is 4.98 Å². The normalized spacial score (nSPS) is 12.4. The number of hydrogen-bond acceptors (Lipinski definition) is 4. The number of aromatic nitrogens is 2. The Balaban J connectivity index is 1.97. The van der Waals surface area contributed by atoms with Crippen LogP contribution in [0.3, 0.4) is 0 Å². The summed E-state index contributed by atoms with van der Waals surface area (Å²) in [5, 5.41) is 19.7. The number of phenolic OH excluding ortho intramolecular Hbond substituents is 2. The summed E-state index contributed by atoms with van der Waals surface area (Å²) in [5.74, 6) is 0.273. The number of hydrogen-bond donors (Lipinski definition) is 2. The van der Waals surface area contributed by atoms with Crippen molar-refractivity contribution in [3.05, 3.63) is 53.3 Å². The van der Waals surface area contributed by atoms with E-state index in [2.05, 4.69) is 24.5 Å². The number of benzene rings is 2. The Morgan fingerprint density at radius 3 is 2.63 bits per heavy atom. The van der Waals surface area contributed by atoms with Crippen LogP contribution < -0.4 is 0 Å². The van der Waals surface area contributed by atoms with Crippen LogP contribution in [0, 0.1) is 12.8 Å². The molecule has 3 rings (SSSR count). The van der Waals surface area contributed by atoms with Gasteiger partial charge in [-0.15, -0.1) is 0 Å². The second-order valence-corrected chi connectivity index (χ2v) is 7.05. The molecule has 0 spiro atoms. The van der Waals surface area contributed by atoms with Crippen LogP contribution in [0.1, 0.15) is 48.4 Å². The number of Topliss-reactive ketones (excluding diaryl/α,β-unsaturated/α-hetero) is 1. The van der Waals surface area contributed by atoms with Gasteiger partial charge in [0.05, 0.1) is 16.6 Å². The van der Waals surface area contributed by atoms with Gasteiger partial charge in [0.1, 0.15) is 17.3 Å². The summed E-state index contributed by atoms with van der Waals surface area (Å²) >= 11 is 0. The smallest absolute Gasteiger partial charge is 0.170 e. The van der Waals surface area contributed by atoms with Crippen molar-refractivity contribution in [1.82, 2.24) is 9.55 Å². The third-order valence-corrected chi connectivity index (χ3v) is 4.97. The van der Waals surface area contributed by atoms with Crippen molar-refractivity contribution in [1.29, 1.82) is 0 Å². The summed E-state index contributed by atoms with van der Waals surface area (Å²) in [6, 6.07) is 10.2. The Morgan fingerprint density at radius 1 is 1.15 bits per heavy atom. The van der Waals surface area contributed by atoms with E-state index in [9.17, 15) is 15.0 Å². The molecule has 0 saturated heterocycles. The molecule has 0 aliphatic heterocycles. The lowest BCUT2D eigenvalue weighted by molar-refractivity contribution is 0.0910. The van der Waals surface area contributed by atoms with Crippen molar-refractivity contribution in [2.45, 2.75) is 46.6 Å². The number of aryl methyl sites for hydroxylation is 2. The van der Waals surface area contributed by atoms with E-state index in [1.807, 2.05) is 19.1 Å². The monoisotopic (exact) mass is 366 g/mol. The molecule has 0 fully saturated rings. The molecule has 5 nitrogen and oxygen atoms in total. The van der Waals surface area contributed by atoms with Crippen LogP contribution in [0.4, 0.5) is 0 Å². The minimum atomic E-state index is -0.314. The number of rotatable bonds is 7. The zero-order chi connectivity index (χ0) is 19.6. The maximum atomic E-state index is 13.0. The first-order valence-corrected chi connectivity index (χ1v) is 9.46. The maximum Gasteiger partial charge on any atom is 0.170 e. The van der Waals surface area contributed by atoms with Crippen LogP contribution in [-0.4, -0.2) is 25.5 Å². The van der Waals surface area contributed by atoms with Gasteiger partial charge in [0.2, 0.25) is 0 Å². The highest BCUT2D eigenvalue weighted by Crippen LogP contribution is 2.28. The first-order chi connectivity index (χ1) is 12.9. The summed E-state index contributed by atoms with van der Waals surface area (Å²) in [5.41, 5.74) is 3.37. The van der Waals surface area contributed by atoms with E-state index in [-0.39, 0.29) is 28.8 Å². The quantitative estimate of drug-likeness (QED) is 0.473. The predicted octanol–water partition coefficient (Wildman–Crippen LogP) is 4.62. The number of ketones is 1. The largest absolute Gasteiger partial charge is 0.508 e. The van der Waals surface area contributed by atoms with Crippen molar-refractivity contribution in [3.8, 4) is 11.5 Å². The topological polar surface area (TPSA) is 75.4 Å². The third kappa shape index (κ3) is 3.82. The summed E-state index contributed by atoms with van der Waals surface area (Å²) < 4.78 is 2.20. The summed E-state index contributed by atoms with van der Waals surface area (Å²) in [6.07, 6.45) is 2.10. The molecule has 1 unspecified atom stereocenters. The minimum Gasteiger partial charge on any atom is -0.508 e. The molecule has 0 bridgehead atoms. The lowest BCUT2D eigenvalue weighted by Gasteiger charge is -2.16. The number of carbonyl (C=O) groups is 1. The number of phenols is 2. The standard InChI is InChI=1S/C22H26N2O3/c1-4-10-24-19-11-14(3)6-8-18(19)23-21(24)12-15(5-2)22(27)17-13-16(25)7-9-20(17)26/h6-9,11,13,15,25-26H,4-5,10,12H2,1-3H3. The van der Waals surface area contributed by atoms with Crippen LogP contribution in [0.5, 0.6) is 11.5 Å². The van der Waals surface area contributed by atoms with Crippen LogP contribution in [-0.2, 0) is 13.0 Å². The van der Waals surface area contributed by atoms with Crippen LogP contribution in [0.2, 0.25) is 0 Å². The zero-order valence-electron chi connectivity index (χ0n) is 16.1. The molecule has 2 N–H and O–H groups in total. The molecule has 3 aromatic rings. The number of aromatic hydroxyl groups is 2. The van der Waals surface area contributed by atoms with Crippen molar-refractivity contribution >= 4 is 16.8 Å².